The summed E-state index contributed by atoms with van der Waals surface area (Å²) in [7, 11) is 0. The zero-order valence-electron chi connectivity index (χ0n) is 16.2. The summed E-state index contributed by atoms with van der Waals surface area (Å²) >= 11 is 6.12. The van der Waals surface area contributed by atoms with E-state index in [1.54, 1.807) is 0 Å². The van der Waals surface area contributed by atoms with Crippen molar-refractivity contribution in [3.8, 4) is 0 Å². The van der Waals surface area contributed by atoms with Crippen LogP contribution in [0.4, 0.5) is 5.69 Å². The van der Waals surface area contributed by atoms with Crippen molar-refractivity contribution in [2.24, 2.45) is 17.8 Å². The van der Waals surface area contributed by atoms with Crippen molar-refractivity contribution in [2.75, 3.05) is 18.4 Å². The molecular weight excluding hydrogens is 354 g/mol. The predicted molar refractivity (Wildman–Crippen MR) is 114 cm³/mol. The molecule has 1 heterocycles. The van der Waals surface area contributed by atoms with Crippen LogP contribution >= 0.6 is 11.6 Å². The van der Waals surface area contributed by atoms with Gasteiger partial charge in [-0.05, 0) is 99.9 Å². The fourth-order valence-electron chi connectivity index (χ4n) is 6.48. The number of hydrogen-bond donors (Lipinski definition) is 2. The molecule has 1 aromatic carbocycles. The Labute approximate surface area is 167 Å². The molecule has 4 fully saturated rings. The number of anilines is 1. The standard InChI is InChI=1S/C23H30ClN3/c1-15-14-26-21-10-19(24)3-4-20(21)22(15)25-5-2-6-27-23-11-16-7-17(12-23)9-18(8-16)13-23/h3-4,10,14,16-18,27H,2,5-9,11-13H2,1H3,(H,25,26). The topological polar surface area (TPSA) is 37.0 Å². The zero-order valence-corrected chi connectivity index (χ0v) is 17.0. The van der Waals surface area contributed by atoms with Crippen molar-refractivity contribution < 1.29 is 0 Å². The third kappa shape index (κ3) is 3.45. The number of halogens is 1. The van der Waals surface area contributed by atoms with Crippen LogP contribution in [0.25, 0.3) is 10.9 Å². The van der Waals surface area contributed by atoms with E-state index in [9.17, 15) is 0 Å². The SMILES string of the molecule is Cc1cnc2cc(Cl)ccc2c1NCCCNC12CC3CC(CC(C3)C1)C2. The van der Waals surface area contributed by atoms with Crippen LogP contribution in [0.5, 0.6) is 0 Å². The second-order valence-electron chi connectivity index (χ2n) is 9.38. The Hall–Kier alpha value is -1.32. The summed E-state index contributed by atoms with van der Waals surface area (Å²) in [5, 5.41) is 9.56. The second-order valence-corrected chi connectivity index (χ2v) is 9.82. The molecule has 0 unspecified atom stereocenters. The Kier molecular flexibility index (Phi) is 4.56. The first-order valence-corrected chi connectivity index (χ1v) is 11.0. The smallest absolute Gasteiger partial charge is 0.0737 e. The van der Waals surface area contributed by atoms with E-state index in [0.29, 0.717) is 5.54 Å². The lowest BCUT2D eigenvalue weighted by molar-refractivity contribution is -0.0194. The van der Waals surface area contributed by atoms with Gasteiger partial charge in [0.05, 0.1) is 5.52 Å². The van der Waals surface area contributed by atoms with Gasteiger partial charge in [-0.15, -0.1) is 0 Å². The average molecular weight is 384 g/mol. The van der Waals surface area contributed by atoms with Gasteiger partial charge in [0, 0.05) is 34.4 Å². The molecule has 0 amide bonds. The van der Waals surface area contributed by atoms with Gasteiger partial charge >= 0.3 is 0 Å². The summed E-state index contributed by atoms with van der Waals surface area (Å²) in [6.45, 7) is 4.23. The van der Waals surface area contributed by atoms with Crippen LogP contribution in [-0.2, 0) is 0 Å². The monoisotopic (exact) mass is 383 g/mol. The van der Waals surface area contributed by atoms with E-state index in [0.717, 1.165) is 53.2 Å². The minimum Gasteiger partial charge on any atom is -0.384 e. The van der Waals surface area contributed by atoms with Gasteiger partial charge in [0.15, 0.2) is 0 Å². The van der Waals surface area contributed by atoms with E-state index in [4.69, 9.17) is 11.6 Å². The molecule has 144 valence electrons. The number of pyridine rings is 1. The molecule has 1 aromatic heterocycles. The highest BCUT2D eigenvalue weighted by atomic mass is 35.5. The Morgan fingerprint density at radius 3 is 2.48 bits per heavy atom. The van der Waals surface area contributed by atoms with Crippen LogP contribution < -0.4 is 10.6 Å². The highest BCUT2D eigenvalue weighted by Crippen LogP contribution is 2.55. The normalized spacial score (nSPS) is 31.6. The first-order valence-electron chi connectivity index (χ1n) is 10.6. The number of aryl methyl sites for hydroxylation is 1. The summed E-state index contributed by atoms with van der Waals surface area (Å²) in [6.07, 6.45) is 11.9. The van der Waals surface area contributed by atoms with Crippen molar-refractivity contribution >= 4 is 28.2 Å². The van der Waals surface area contributed by atoms with E-state index in [1.807, 2.05) is 18.3 Å². The Morgan fingerprint density at radius 1 is 1.07 bits per heavy atom. The maximum Gasteiger partial charge on any atom is 0.0737 e. The molecule has 27 heavy (non-hydrogen) atoms. The zero-order chi connectivity index (χ0) is 18.4. The molecule has 2 aromatic rings. The molecular formula is C23H30ClN3. The molecule has 0 saturated heterocycles. The van der Waals surface area contributed by atoms with Gasteiger partial charge < -0.3 is 10.6 Å². The molecule has 3 nitrogen and oxygen atoms in total. The molecule has 0 atom stereocenters. The molecule has 0 spiro atoms. The number of nitrogens with one attached hydrogen (secondary N) is 2. The summed E-state index contributed by atoms with van der Waals surface area (Å²) in [5.41, 5.74) is 3.83. The molecule has 2 N–H and O–H groups in total. The highest BCUT2D eigenvalue weighted by Gasteiger charge is 2.50. The van der Waals surface area contributed by atoms with E-state index >= 15 is 0 Å². The van der Waals surface area contributed by atoms with Crippen molar-refractivity contribution in [3.05, 3.63) is 35.0 Å². The lowest BCUT2D eigenvalue weighted by atomic mass is 9.53. The summed E-state index contributed by atoms with van der Waals surface area (Å²) in [4.78, 5) is 4.52. The number of rotatable bonds is 6. The van der Waals surface area contributed by atoms with Crippen LogP contribution in [0.1, 0.15) is 50.5 Å². The predicted octanol–water partition coefficient (Wildman–Crippen LogP) is 5.56. The highest BCUT2D eigenvalue weighted by molar-refractivity contribution is 6.31. The number of nitrogens with zero attached hydrogens (tertiary/aromatic N) is 1. The van der Waals surface area contributed by atoms with Crippen molar-refractivity contribution in [3.63, 3.8) is 0 Å². The minimum atomic E-state index is 0.477. The largest absolute Gasteiger partial charge is 0.384 e. The lowest BCUT2D eigenvalue weighted by Gasteiger charge is -2.57. The first-order chi connectivity index (χ1) is 13.1. The second kappa shape index (κ2) is 6.93. The molecule has 4 aliphatic carbocycles. The van der Waals surface area contributed by atoms with Crippen LogP contribution in [-0.4, -0.2) is 23.6 Å². The fraction of sp³-hybridized carbons (Fsp3) is 0.609. The van der Waals surface area contributed by atoms with Gasteiger partial charge in [-0.1, -0.05) is 11.6 Å². The third-order valence-corrected chi connectivity index (χ3v) is 7.45. The lowest BCUT2D eigenvalue weighted by Crippen LogP contribution is -2.58. The molecule has 4 saturated carbocycles. The molecule has 0 aliphatic heterocycles. The van der Waals surface area contributed by atoms with Crippen molar-refractivity contribution in [1.82, 2.24) is 10.3 Å². The number of benzene rings is 1. The van der Waals surface area contributed by atoms with Gasteiger partial charge in [0.2, 0.25) is 0 Å². The van der Waals surface area contributed by atoms with Gasteiger partial charge in [0.1, 0.15) is 0 Å². The van der Waals surface area contributed by atoms with E-state index in [2.05, 4.69) is 28.6 Å². The fourth-order valence-corrected chi connectivity index (χ4v) is 6.65. The number of aromatic nitrogens is 1. The molecule has 0 radical (unpaired) electrons. The maximum absolute atomic E-state index is 6.12. The van der Waals surface area contributed by atoms with Crippen LogP contribution in [0.15, 0.2) is 24.4 Å². The molecule has 4 bridgehead atoms. The van der Waals surface area contributed by atoms with Crippen molar-refractivity contribution in [2.45, 2.75) is 57.4 Å². The Balaban J connectivity index is 1.18. The van der Waals surface area contributed by atoms with Crippen LogP contribution in [0, 0.1) is 24.7 Å². The number of hydrogen-bond acceptors (Lipinski definition) is 3. The summed E-state index contributed by atoms with van der Waals surface area (Å²) in [6, 6.07) is 5.97. The maximum atomic E-state index is 6.12. The van der Waals surface area contributed by atoms with E-state index in [1.165, 1.54) is 49.8 Å². The van der Waals surface area contributed by atoms with Crippen molar-refractivity contribution in [1.29, 1.82) is 0 Å². The number of fused-ring (bicyclic) bond motifs is 1. The quantitative estimate of drug-likeness (QED) is 0.641. The summed E-state index contributed by atoms with van der Waals surface area (Å²) in [5.74, 6) is 3.04. The Bertz CT molecular complexity index is 812. The Morgan fingerprint density at radius 2 is 1.78 bits per heavy atom. The van der Waals surface area contributed by atoms with Gasteiger partial charge in [0.25, 0.3) is 0 Å². The van der Waals surface area contributed by atoms with Crippen LogP contribution in [0.2, 0.25) is 5.02 Å². The average Bonchev–Trinajstić information content (AvgIpc) is 2.62. The molecule has 6 rings (SSSR count). The van der Waals surface area contributed by atoms with Gasteiger partial charge in [-0.3, -0.25) is 4.98 Å². The molecule has 4 heteroatoms. The minimum absolute atomic E-state index is 0.477. The molecule has 4 aliphatic rings. The van der Waals surface area contributed by atoms with Gasteiger partial charge in [-0.2, -0.15) is 0 Å². The third-order valence-electron chi connectivity index (χ3n) is 7.21. The summed E-state index contributed by atoms with van der Waals surface area (Å²) < 4.78 is 0. The first kappa shape index (κ1) is 17.8. The van der Waals surface area contributed by atoms with E-state index in [-0.39, 0.29) is 0 Å². The van der Waals surface area contributed by atoms with Gasteiger partial charge in [-0.25, -0.2) is 0 Å². The van der Waals surface area contributed by atoms with E-state index < -0.39 is 0 Å². The van der Waals surface area contributed by atoms with Crippen LogP contribution in [0.3, 0.4) is 0 Å².